The zero-order chi connectivity index (χ0) is 32.7. The Hall–Kier alpha value is -5.48. The predicted molar refractivity (Wildman–Crippen MR) is 177 cm³/mol. The first-order chi connectivity index (χ1) is 22.0. The first-order valence-corrected chi connectivity index (χ1v) is 15.3. The highest BCUT2D eigenvalue weighted by Crippen LogP contribution is 2.32. The number of nitrogens with zero attached hydrogens (tertiary/aromatic N) is 2. The maximum atomic E-state index is 14.1. The van der Waals surface area contributed by atoms with E-state index in [1.54, 1.807) is 67.1 Å². The second-order valence-corrected chi connectivity index (χ2v) is 12.2. The summed E-state index contributed by atoms with van der Waals surface area (Å²) in [6.07, 6.45) is 1.64. The van der Waals surface area contributed by atoms with Crippen LogP contribution in [0.15, 0.2) is 98.3 Å². The van der Waals surface area contributed by atoms with Gasteiger partial charge in [-0.2, -0.15) is 0 Å². The molecule has 46 heavy (non-hydrogen) atoms. The number of aromatic carboxylic acids is 1. The third-order valence-electron chi connectivity index (χ3n) is 7.98. The molecule has 1 aliphatic rings. The van der Waals surface area contributed by atoms with Crippen LogP contribution in [0.3, 0.4) is 0 Å². The Morgan fingerprint density at radius 2 is 1.74 bits per heavy atom. The van der Waals surface area contributed by atoms with E-state index in [1.807, 2.05) is 51.1 Å². The quantitative estimate of drug-likeness (QED) is 0.235. The van der Waals surface area contributed by atoms with Gasteiger partial charge in [0.2, 0.25) is 0 Å². The van der Waals surface area contributed by atoms with E-state index in [2.05, 4.69) is 5.32 Å². The van der Waals surface area contributed by atoms with Gasteiger partial charge in [-0.1, -0.05) is 47.2 Å². The summed E-state index contributed by atoms with van der Waals surface area (Å²) in [7, 11) is 1.58. The van der Waals surface area contributed by atoms with Crippen molar-refractivity contribution in [2.24, 2.45) is 4.99 Å². The van der Waals surface area contributed by atoms with Crippen LogP contribution in [0.4, 0.5) is 5.69 Å². The second-order valence-electron chi connectivity index (χ2n) is 11.2. The third-order valence-corrected chi connectivity index (χ3v) is 8.96. The molecule has 0 saturated heterocycles. The maximum Gasteiger partial charge on any atom is 0.335 e. The molecular weight excluding hydrogens is 602 g/mol. The number of aromatic nitrogens is 1. The summed E-state index contributed by atoms with van der Waals surface area (Å²) in [5, 5.41) is 12.5. The molecule has 3 aromatic carbocycles. The Balaban J connectivity index is 1.44. The van der Waals surface area contributed by atoms with Crippen LogP contribution in [0.1, 0.15) is 51.3 Å². The van der Waals surface area contributed by atoms with Crippen molar-refractivity contribution in [3.05, 3.63) is 137 Å². The Kier molecular flexibility index (Phi) is 8.06. The molecule has 10 heteroatoms. The van der Waals surface area contributed by atoms with Gasteiger partial charge in [-0.3, -0.25) is 14.2 Å². The fourth-order valence-electron chi connectivity index (χ4n) is 5.58. The number of ether oxygens (including phenoxy) is 1. The molecule has 2 aromatic heterocycles. The highest BCUT2D eigenvalue weighted by molar-refractivity contribution is 7.07. The van der Waals surface area contributed by atoms with Crippen molar-refractivity contribution in [1.29, 1.82) is 0 Å². The molecule has 3 heterocycles. The smallest absolute Gasteiger partial charge is 0.335 e. The first-order valence-electron chi connectivity index (χ1n) is 14.5. The molecule has 2 N–H and O–H groups in total. The number of thiazole rings is 1. The van der Waals surface area contributed by atoms with Crippen molar-refractivity contribution in [3.8, 4) is 17.1 Å². The van der Waals surface area contributed by atoms with Gasteiger partial charge in [0.25, 0.3) is 11.5 Å². The molecule has 1 aliphatic heterocycles. The minimum atomic E-state index is -1.03. The van der Waals surface area contributed by atoms with Crippen molar-refractivity contribution in [2.45, 2.75) is 33.7 Å². The molecule has 0 saturated carbocycles. The minimum Gasteiger partial charge on any atom is -0.497 e. The second kappa shape index (κ2) is 12.1. The lowest BCUT2D eigenvalue weighted by atomic mass is 9.95. The highest BCUT2D eigenvalue weighted by atomic mass is 32.1. The summed E-state index contributed by atoms with van der Waals surface area (Å²) < 4.78 is 13.3. The number of allylic oxidation sites excluding steroid dienone is 1. The van der Waals surface area contributed by atoms with E-state index in [1.165, 1.54) is 11.3 Å². The van der Waals surface area contributed by atoms with Crippen LogP contribution in [0.5, 0.6) is 5.75 Å². The fraction of sp³-hybridized carbons (Fsp3) is 0.167. The lowest BCUT2D eigenvalue weighted by molar-refractivity contribution is -0.113. The number of anilines is 1. The largest absolute Gasteiger partial charge is 0.497 e. The first kappa shape index (κ1) is 30.5. The molecule has 0 spiro atoms. The van der Waals surface area contributed by atoms with E-state index in [0.717, 1.165) is 22.3 Å². The summed E-state index contributed by atoms with van der Waals surface area (Å²) in [6, 6.07) is 20.7. The average Bonchev–Trinajstić information content (AvgIpc) is 3.61. The van der Waals surface area contributed by atoms with E-state index >= 15 is 0 Å². The number of carbonyl (C=O) groups is 2. The molecule has 0 aliphatic carbocycles. The van der Waals surface area contributed by atoms with Gasteiger partial charge in [-0.15, -0.1) is 0 Å². The lowest BCUT2D eigenvalue weighted by Gasteiger charge is -2.25. The van der Waals surface area contributed by atoms with Crippen LogP contribution in [0, 0.1) is 20.8 Å². The van der Waals surface area contributed by atoms with Crippen molar-refractivity contribution < 1.29 is 23.8 Å². The van der Waals surface area contributed by atoms with Crippen molar-refractivity contribution in [3.63, 3.8) is 0 Å². The molecule has 1 amide bonds. The number of carboxylic acids is 1. The molecule has 0 bridgehead atoms. The van der Waals surface area contributed by atoms with Gasteiger partial charge in [0.15, 0.2) is 4.80 Å². The lowest BCUT2D eigenvalue weighted by Crippen LogP contribution is -2.40. The molecule has 232 valence electrons. The maximum absolute atomic E-state index is 14.1. The summed E-state index contributed by atoms with van der Waals surface area (Å²) in [5.41, 5.74) is 5.61. The highest BCUT2D eigenvalue weighted by Gasteiger charge is 2.33. The molecule has 0 unspecified atom stereocenters. The number of hydrogen-bond acceptors (Lipinski definition) is 7. The molecule has 1 atom stereocenters. The number of carbonyl (C=O) groups excluding carboxylic acids is 1. The van der Waals surface area contributed by atoms with Crippen LogP contribution in [-0.2, 0) is 4.79 Å². The topological polar surface area (TPSA) is 123 Å². The Labute approximate surface area is 268 Å². The molecule has 0 fully saturated rings. The number of nitrogens with one attached hydrogen (secondary N) is 1. The van der Waals surface area contributed by atoms with Gasteiger partial charge in [0, 0.05) is 17.3 Å². The number of amides is 1. The summed E-state index contributed by atoms with van der Waals surface area (Å²) >= 11 is 1.20. The zero-order valence-electron chi connectivity index (χ0n) is 25.9. The monoisotopic (exact) mass is 633 g/mol. The van der Waals surface area contributed by atoms with Gasteiger partial charge in [0.05, 0.1) is 34.5 Å². The van der Waals surface area contributed by atoms with Gasteiger partial charge in [-0.25, -0.2) is 9.79 Å². The number of rotatable bonds is 7. The SMILES string of the molecule is COc1ccc([C@@H]2C(C(=O)Nc3ccc(C)cc3C)=C(C)N=c3s/c(=C/c4ccc(-c5cc(C(=O)O)ccc5C)o4)c(=O)n32)cc1. The Bertz CT molecular complexity index is 2240. The number of aryl methyl sites for hydroxylation is 3. The van der Waals surface area contributed by atoms with E-state index in [0.29, 0.717) is 49.1 Å². The Morgan fingerprint density at radius 3 is 2.43 bits per heavy atom. The number of methoxy groups -OCH3 is 1. The summed E-state index contributed by atoms with van der Waals surface area (Å²) in [5.74, 6) is 0.175. The van der Waals surface area contributed by atoms with Crippen LogP contribution >= 0.6 is 11.3 Å². The van der Waals surface area contributed by atoms with Crippen LogP contribution in [-0.4, -0.2) is 28.7 Å². The summed E-state index contributed by atoms with van der Waals surface area (Å²) in [6.45, 7) is 7.57. The molecular formula is C36H31N3O6S. The van der Waals surface area contributed by atoms with Crippen molar-refractivity contribution in [1.82, 2.24) is 4.57 Å². The number of carboxylic acid groups (broad SMARTS) is 1. The molecule has 5 aromatic rings. The van der Waals surface area contributed by atoms with Crippen molar-refractivity contribution >= 4 is 35.0 Å². The van der Waals surface area contributed by atoms with E-state index in [4.69, 9.17) is 14.1 Å². The molecule has 9 nitrogen and oxygen atoms in total. The number of hydrogen-bond donors (Lipinski definition) is 2. The normalized spacial score (nSPS) is 14.5. The molecule has 0 radical (unpaired) electrons. The van der Waals surface area contributed by atoms with Gasteiger partial charge >= 0.3 is 5.97 Å². The zero-order valence-corrected chi connectivity index (χ0v) is 26.7. The van der Waals surface area contributed by atoms with Crippen LogP contribution in [0.25, 0.3) is 17.4 Å². The minimum absolute atomic E-state index is 0.151. The van der Waals surface area contributed by atoms with E-state index in [9.17, 15) is 19.5 Å². The fourth-order valence-corrected chi connectivity index (χ4v) is 6.61. The third kappa shape index (κ3) is 5.70. The van der Waals surface area contributed by atoms with Gasteiger partial charge in [0.1, 0.15) is 17.3 Å². The Morgan fingerprint density at radius 1 is 0.978 bits per heavy atom. The standard InChI is InChI=1S/C36H31N3O6S/c1-19-6-14-28(21(3)16-19)38-33(40)31-22(4)37-36-39(32(31)23-9-11-25(44-5)12-10-23)34(41)30(46-36)18-26-13-15-29(45-26)27-17-24(35(42)43)8-7-20(27)2/h6-18,32H,1-5H3,(H,38,40)(H,42,43)/b30-18+/t32-/m1/s1. The number of fused-ring (bicyclic) bond motifs is 1. The predicted octanol–water partition coefficient (Wildman–Crippen LogP) is 5.77. The van der Waals surface area contributed by atoms with Crippen LogP contribution < -0.4 is 24.9 Å². The van der Waals surface area contributed by atoms with E-state index in [-0.39, 0.29) is 17.0 Å². The average molecular weight is 634 g/mol. The van der Waals surface area contributed by atoms with Gasteiger partial charge < -0.3 is 19.6 Å². The number of furan rings is 1. The summed E-state index contributed by atoms with van der Waals surface area (Å²) in [4.78, 5) is 44.7. The van der Waals surface area contributed by atoms with Gasteiger partial charge in [-0.05, 0) is 86.8 Å². The van der Waals surface area contributed by atoms with Crippen LogP contribution in [0.2, 0.25) is 0 Å². The number of benzene rings is 3. The molecule has 6 rings (SSSR count). The van der Waals surface area contributed by atoms with Crippen molar-refractivity contribution in [2.75, 3.05) is 12.4 Å². The van der Waals surface area contributed by atoms with E-state index < -0.39 is 12.0 Å².